The Hall–Kier alpha value is -1.11. The minimum atomic E-state index is -3.03. The van der Waals surface area contributed by atoms with Gasteiger partial charge in [0.05, 0.1) is 10.0 Å². The fourth-order valence-corrected chi connectivity index (χ4v) is 2.11. The summed E-state index contributed by atoms with van der Waals surface area (Å²) in [5.41, 5.74) is 0.321. The molecule has 0 atom stereocenters. The third kappa shape index (κ3) is 6.46. The molecule has 1 aromatic rings. The summed E-state index contributed by atoms with van der Waals surface area (Å²) in [6.07, 6.45) is 0.267. The number of alkyl halides is 2. The number of ether oxygens (including phenoxy) is 1. The Labute approximate surface area is 131 Å². The van der Waals surface area contributed by atoms with Crippen LogP contribution in [0.3, 0.4) is 0 Å². The van der Waals surface area contributed by atoms with Crippen LogP contribution in [0.2, 0.25) is 10.0 Å². The molecule has 1 amide bonds. The molecular weight excluding hydrogens is 325 g/mol. The van der Waals surface area contributed by atoms with Gasteiger partial charge in [-0.05, 0) is 12.1 Å². The zero-order chi connectivity index (χ0) is 16.0. The van der Waals surface area contributed by atoms with Crippen molar-refractivity contribution in [1.82, 2.24) is 5.32 Å². The van der Waals surface area contributed by atoms with Gasteiger partial charge in [-0.25, -0.2) is 0 Å². The van der Waals surface area contributed by atoms with Crippen LogP contribution in [-0.4, -0.2) is 25.1 Å². The van der Waals surface area contributed by atoms with Gasteiger partial charge in [0, 0.05) is 24.7 Å². The van der Waals surface area contributed by atoms with Crippen LogP contribution in [0, 0.1) is 0 Å². The van der Waals surface area contributed by atoms with Crippen molar-refractivity contribution in [2.75, 3.05) is 11.9 Å². The maximum Gasteiger partial charge on any atom is 0.387 e. The number of amides is 1. The SMILES string of the molecule is CC(C)NCCC(=O)Nc1cc(Cl)c(OC(F)F)c(Cl)c1. The highest BCUT2D eigenvalue weighted by Gasteiger charge is 2.15. The standard InChI is InChI=1S/C13H16Cl2F2N2O2/c1-7(2)18-4-3-11(20)19-8-5-9(14)12(10(15)6-8)21-13(16)17/h5-7,13,18H,3-4H2,1-2H3,(H,19,20). The molecule has 21 heavy (non-hydrogen) atoms. The Balaban J connectivity index is 2.66. The fraction of sp³-hybridized carbons (Fsp3) is 0.462. The molecule has 0 bridgehead atoms. The van der Waals surface area contributed by atoms with Crippen molar-refractivity contribution in [2.24, 2.45) is 0 Å². The van der Waals surface area contributed by atoms with Crippen LogP contribution in [-0.2, 0) is 4.79 Å². The van der Waals surface area contributed by atoms with Gasteiger partial charge in [-0.3, -0.25) is 4.79 Å². The first kappa shape index (κ1) is 17.9. The van der Waals surface area contributed by atoms with Gasteiger partial charge >= 0.3 is 6.61 Å². The van der Waals surface area contributed by atoms with Gasteiger partial charge < -0.3 is 15.4 Å². The van der Waals surface area contributed by atoms with Crippen LogP contribution < -0.4 is 15.4 Å². The summed E-state index contributed by atoms with van der Waals surface area (Å²) in [5.74, 6) is -0.550. The Morgan fingerprint density at radius 2 is 1.86 bits per heavy atom. The first-order chi connectivity index (χ1) is 9.79. The van der Waals surface area contributed by atoms with E-state index in [1.54, 1.807) is 0 Å². The van der Waals surface area contributed by atoms with E-state index in [9.17, 15) is 13.6 Å². The molecule has 0 spiro atoms. The second-order valence-corrected chi connectivity index (χ2v) is 5.37. The van der Waals surface area contributed by atoms with E-state index in [4.69, 9.17) is 23.2 Å². The average Bonchev–Trinajstić information content (AvgIpc) is 2.33. The maximum absolute atomic E-state index is 12.2. The van der Waals surface area contributed by atoms with Gasteiger partial charge in [-0.15, -0.1) is 0 Å². The molecule has 0 aliphatic carbocycles. The highest BCUT2D eigenvalue weighted by molar-refractivity contribution is 6.37. The van der Waals surface area contributed by atoms with Gasteiger partial charge in [0.25, 0.3) is 0 Å². The second kappa shape index (κ2) is 8.36. The minimum absolute atomic E-state index is 0.0987. The molecule has 0 aliphatic rings. The topological polar surface area (TPSA) is 50.4 Å². The molecule has 0 fully saturated rings. The Morgan fingerprint density at radius 3 is 2.33 bits per heavy atom. The van der Waals surface area contributed by atoms with Crippen LogP contribution >= 0.6 is 23.2 Å². The zero-order valence-corrected chi connectivity index (χ0v) is 13.1. The normalized spacial score (nSPS) is 11.0. The van der Waals surface area contributed by atoms with Gasteiger partial charge in [0.2, 0.25) is 5.91 Å². The molecule has 0 saturated heterocycles. The van der Waals surface area contributed by atoms with E-state index in [-0.39, 0.29) is 34.2 Å². The number of benzene rings is 1. The number of carbonyl (C=O) groups is 1. The smallest absolute Gasteiger partial charge is 0.387 e. The lowest BCUT2D eigenvalue weighted by Crippen LogP contribution is -2.27. The number of carbonyl (C=O) groups excluding carboxylic acids is 1. The highest BCUT2D eigenvalue weighted by Crippen LogP contribution is 2.36. The van der Waals surface area contributed by atoms with Crippen molar-refractivity contribution < 1.29 is 18.3 Å². The fourth-order valence-electron chi connectivity index (χ4n) is 1.53. The van der Waals surface area contributed by atoms with Crippen LogP contribution in [0.5, 0.6) is 5.75 Å². The van der Waals surface area contributed by atoms with Crippen molar-refractivity contribution in [3.8, 4) is 5.75 Å². The molecule has 0 saturated carbocycles. The lowest BCUT2D eigenvalue weighted by molar-refractivity contribution is -0.116. The predicted molar refractivity (Wildman–Crippen MR) is 79.5 cm³/mol. The Bertz CT molecular complexity index is 476. The van der Waals surface area contributed by atoms with Crippen molar-refractivity contribution in [3.63, 3.8) is 0 Å². The van der Waals surface area contributed by atoms with Crippen molar-refractivity contribution in [2.45, 2.75) is 32.9 Å². The molecule has 1 rings (SSSR count). The summed E-state index contributed by atoms with van der Waals surface area (Å²) in [6.45, 7) is 1.44. The number of nitrogens with one attached hydrogen (secondary N) is 2. The van der Waals surface area contributed by atoms with E-state index < -0.39 is 6.61 Å². The van der Waals surface area contributed by atoms with Crippen molar-refractivity contribution in [3.05, 3.63) is 22.2 Å². The Morgan fingerprint density at radius 1 is 1.29 bits per heavy atom. The molecule has 1 aromatic carbocycles. The molecule has 0 unspecified atom stereocenters. The monoisotopic (exact) mass is 340 g/mol. The lowest BCUT2D eigenvalue weighted by atomic mass is 10.2. The van der Waals surface area contributed by atoms with Crippen molar-refractivity contribution >= 4 is 34.8 Å². The van der Waals surface area contributed by atoms with Crippen LogP contribution in [0.25, 0.3) is 0 Å². The zero-order valence-electron chi connectivity index (χ0n) is 11.6. The first-order valence-electron chi connectivity index (χ1n) is 6.26. The van der Waals surface area contributed by atoms with E-state index in [2.05, 4.69) is 15.4 Å². The quantitative estimate of drug-likeness (QED) is 0.790. The maximum atomic E-state index is 12.2. The molecule has 4 nitrogen and oxygen atoms in total. The van der Waals surface area contributed by atoms with E-state index in [1.807, 2.05) is 13.8 Å². The molecule has 0 aromatic heterocycles. The summed E-state index contributed by atoms with van der Waals surface area (Å²) in [6, 6.07) is 2.89. The van der Waals surface area contributed by atoms with Gasteiger partial charge in [0.1, 0.15) is 0 Å². The van der Waals surface area contributed by atoms with Gasteiger partial charge in [-0.2, -0.15) is 8.78 Å². The van der Waals surface area contributed by atoms with Crippen LogP contribution in [0.15, 0.2) is 12.1 Å². The molecule has 118 valence electrons. The van der Waals surface area contributed by atoms with E-state index in [1.165, 1.54) is 12.1 Å². The minimum Gasteiger partial charge on any atom is -0.432 e. The molecule has 0 aliphatic heterocycles. The van der Waals surface area contributed by atoms with E-state index >= 15 is 0 Å². The number of anilines is 1. The summed E-state index contributed by atoms with van der Waals surface area (Å²) in [4.78, 5) is 11.7. The van der Waals surface area contributed by atoms with Gasteiger partial charge in [0.15, 0.2) is 5.75 Å². The summed E-state index contributed by atoms with van der Waals surface area (Å²) < 4.78 is 28.6. The lowest BCUT2D eigenvalue weighted by Gasteiger charge is -2.12. The van der Waals surface area contributed by atoms with E-state index in [0.717, 1.165) is 0 Å². The third-order valence-corrected chi connectivity index (χ3v) is 2.96. The molecule has 0 radical (unpaired) electrons. The molecule has 2 N–H and O–H groups in total. The molecule has 0 heterocycles. The van der Waals surface area contributed by atoms with Crippen LogP contribution in [0.1, 0.15) is 20.3 Å². The van der Waals surface area contributed by atoms with Crippen molar-refractivity contribution in [1.29, 1.82) is 0 Å². The first-order valence-corrected chi connectivity index (χ1v) is 7.02. The van der Waals surface area contributed by atoms with E-state index in [0.29, 0.717) is 12.2 Å². The number of halogens is 4. The molecule has 8 heteroatoms. The average molecular weight is 341 g/mol. The number of hydrogen-bond acceptors (Lipinski definition) is 3. The number of rotatable bonds is 7. The second-order valence-electron chi connectivity index (χ2n) is 4.55. The highest BCUT2D eigenvalue weighted by atomic mass is 35.5. The third-order valence-electron chi connectivity index (χ3n) is 2.39. The largest absolute Gasteiger partial charge is 0.432 e. The predicted octanol–water partition coefficient (Wildman–Crippen LogP) is 3.92. The summed E-state index contributed by atoms with van der Waals surface area (Å²) in [7, 11) is 0. The summed E-state index contributed by atoms with van der Waals surface area (Å²) >= 11 is 11.6. The van der Waals surface area contributed by atoms with Gasteiger partial charge in [-0.1, -0.05) is 37.0 Å². The van der Waals surface area contributed by atoms with Crippen LogP contribution in [0.4, 0.5) is 14.5 Å². The number of hydrogen-bond donors (Lipinski definition) is 2. The summed E-state index contributed by atoms with van der Waals surface area (Å²) in [5, 5.41) is 5.49. The molecular formula is C13H16Cl2F2N2O2. The Kier molecular flexibility index (Phi) is 7.14.